The molecule has 0 aliphatic heterocycles. The van der Waals surface area contributed by atoms with Gasteiger partial charge in [0.2, 0.25) is 0 Å². The van der Waals surface area contributed by atoms with E-state index in [0.717, 1.165) is 5.56 Å². The van der Waals surface area contributed by atoms with Gasteiger partial charge in [0.05, 0.1) is 5.69 Å². The summed E-state index contributed by atoms with van der Waals surface area (Å²) in [6.45, 7) is 0. The maximum atomic E-state index is 8.99. The second-order valence-corrected chi connectivity index (χ2v) is 3.42. The SMILES string of the molecule is O/N=C(\Cc1ccccc1)c1ccccn1. The van der Waals surface area contributed by atoms with Crippen LogP contribution in [0.3, 0.4) is 0 Å². The van der Waals surface area contributed by atoms with Crippen LogP contribution in [0.4, 0.5) is 0 Å². The van der Waals surface area contributed by atoms with Crippen LogP contribution in [-0.2, 0) is 6.42 Å². The van der Waals surface area contributed by atoms with Gasteiger partial charge in [-0.05, 0) is 17.7 Å². The fourth-order valence-electron chi connectivity index (χ4n) is 1.50. The number of hydrogen-bond acceptors (Lipinski definition) is 3. The Morgan fingerprint density at radius 2 is 1.81 bits per heavy atom. The average molecular weight is 212 g/mol. The third-order valence-corrected chi connectivity index (χ3v) is 2.30. The molecule has 0 radical (unpaired) electrons. The van der Waals surface area contributed by atoms with Crippen LogP contribution in [0.15, 0.2) is 59.9 Å². The lowest BCUT2D eigenvalue weighted by molar-refractivity contribution is 0.318. The highest BCUT2D eigenvalue weighted by atomic mass is 16.4. The van der Waals surface area contributed by atoms with Gasteiger partial charge in [-0.25, -0.2) is 0 Å². The normalized spacial score (nSPS) is 11.4. The number of oxime groups is 1. The summed E-state index contributed by atoms with van der Waals surface area (Å²) in [5.74, 6) is 0. The Hall–Kier alpha value is -2.16. The molecule has 1 aromatic heterocycles. The average Bonchev–Trinajstić information content (AvgIpc) is 2.38. The van der Waals surface area contributed by atoms with Crippen molar-refractivity contribution in [3.8, 4) is 0 Å². The van der Waals surface area contributed by atoms with Gasteiger partial charge in [-0.1, -0.05) is 41.6 Å². The van der Waals surface area contributed by atoms with E-state index in [-0.39, 0.29) is 0 Å². The largest absolute Gasteiger partial charge is 0.411 e. The minimum absolute atomic E-state index is 0.576. The van der Waals surface area contributed by atoms with E-state index in [2.05, 4.69) is 10.1 Å². The van der Waals surface area contributed by atoms with Crippen LogP contribution in [-0.4, -0.2) is 15.9 Å². The summed E-state index contributed by atoms with van der Waals surface area (Å²) in [5.41, 5.74) is 2.38. The van der Waals surface area contributed by atoms with Crippen LogP contribution < -0.4 is 0 Å². The van der Waals surface area contributed by atoms with E-state index in [1.807, 2.05) is 48.5 Å². The molecule has 0 aliphatic carbocycles. The number of nitrogens with zero attached hydrogens (tertiary/aromatic N) is 2. The zero-order valence-corrected chi connectivity index (χ0v) is 8.74. The van der Waals surface area contributed by atoms with Gasteiger partial charge < -0.3 is 5.21 Å². The van der Waals surface area contributed by atoms with Gasteiger partial charge in [0.15, 0.2) is 0 Å². The summed E-state index contributed by atoms with van der Waals surface area (Å²) < 4.78 is 0. The second-order valence-electron chi connectivity index (χ2n) is 3.42. The first kappa shape index (κ1) is 10.4. The van der Waals surface area contributed by atoms with Crippen molar-refractivity contribution < 1.29 is 5.21 Å². The third-order valence-electron chi connectivity index (χ3n) is 2.30. The zero-order chi connectivity index (χ0) is 11.2. The number of aromatic nitrogens is 1. The lowest BCUT2D eigenvalue weighted by atomic mass is 10.1. The smallest absolute Gasteiger partial charge is 0.109 e. The van der Waals surface area contributed by atoms with E-state index < -0.39 is 0 Å². The Balaban J connectivity index is 2.20. The third kappa shape index (κ3) is 2.45. The van der Waals surface area contributed by atoms with E-state index in [9.17, 15) is 0 Å². The van der Waals surface area contributed by atoms with E-state index in [1.165, 1.54) is 0 Å². The highest BCUT2D eigenvalue weighted by Gasteiger charge is 2.05. The van der Waals surface area contributed by atoms with Crippen LogP contribution >= 0.6 is 0 Å². The van der Waals surface area contributed by atoms with Crippen molar-refractivity contribution in [2.24, 2.45) is 5.16 Å². The Bertz CT molecular complexity index is 466. The standard InChI is InChI=1S/C13H12N2O/c16-15-13(12-8-4-5-9-14-12)10-11-6-2-1-3-7-11/h1-9,16H,10H2/b15-13+. The highest BCUT2D eigenvalue weighted by molar-refractivity contribution is 5.99. The zero-order valence-electron chi connectivity index (χ0n) is 8.74. The lowest BCUT2D eigenvalue weighted by Crippen LogP contribution is -2.07. The molecule has 0 atom stereocenters. The number of pyridine rings is 1. The summed E-state index contributed by atoms with van der Waals surface area (Å²) in [7, 11) is 0. The molecule has 2 rings (SSSR count). The second kappa shape index (κ2) is 5.07. The highest BCUT2D eigenvalue weighted by Crippen LogP contribution is 2.06. The van der Waals surface area contributed by atoms with Gasteiger partial charge in [-0.15, -0.1) is 0 Å². The molecule has 1 heterocycles. The molecule has 0 saturated heterocycles. The number of benzene rings is 1. The summed E-state index contributed by atoms with van der Waals surface area (Å²) in [5, 5.41) is 12.3. The molecule has 0 fully saturated rings. The molecule has 0 bridgehead atoms. The molecule has 0 amide bonds. The molecule has 1 aromatic carbocycles. The molecule has 0 spiro atoms. The van der Waals surface area contributed by atoms with Gasteiger partial charge in [0.25, 0.3) is 0 Å². The van der Waals surface area contributed by atoms with Crippen molar-refractivity contribution in [2.45, 2.75) is 6.42 Å². The van der Waals surface area contributed by atoms with Crippen molar-refractivity contribution in [1.82, 2.24) is 4.98 Å². The van der Waals surface area contributed by atoms with Crippen molar-refractivity contribution in [3.05, 3.63) is 66.0 Å². The molecule has 0 aliphatic rings. The first-order valence-corrected chi connectivity index (χ1v) is 5.06. The van der Waals surface area contributed by atoms with Gasteiger partial charge >= 0.3 is 0 Å². The number of rotatable bonds is 3. The van der Waals surface area contributed by atoms with Gasteiger partial charge in [-0.2, -0.15) is 0 Å². The van der Waals surface area contributed by atoms with Gasteiger partial charge in [0, 0.05) is 12.6 Å². The van der Waals surface area contributed by atoms with Crippen LogP contribution in [0.2, 0.25) is 0 Å². The molecule has 16 heavy (non-hydrogen) atoms. The van der Waals surface area contributed by atoms with E-state index >= 15 is 0 Å². The summed E-state index contributed by atoms with van der Waals surface area (Å²) in [4.78, 5) is 4.16. The molecular formula is C13H12N2O. The topological polar surface area (TPSA) is 45.5 Å². The minimum Gasteiger partial charge on any atom is -0.411 e. The van der Waals surface area contributed by atoms with E-state index in [4.69, 9.17) is 5.21 Å². The van der Waals surface area contributed by atoms with Crippen molar-refractivity contribution in [3.63, 3.8) is 0 Å². The molecular weight excluding hydrogens is 200 g/mol. The Morgan fingerprint density at radius 1 is 1.06 bits per heavy atom. The van der Waals surface area contributed by atoms with Crippen molar-refractivity contribution in [2.75, 3.05) is 0 Å². The molecule has 2 aromatic rings. The summed E-state index contributed by atoms with van der Waals surface area (Å²) >= 11 is 0. The van der Waals surface area contributed by atoms with Crippen LogP contribution in [0.5, 0.6) is 0 Å². The number of hydrogen-bond donors (Lipinski definition) is 1. The predicted octanol–water partition coefficient (Wildman–Crippen LogP) is 2.50. The Kier molecular flexibility index (Phi) is 3.28. The summed E-state index contributed by atoms with van der Waals surface area (Å²) in [6.07, 6.45) is 2.26. The monoisotopic (exact) mass is 212 g/mol. The van der Waals surface area contributed by atoms with Crippen LogP contribution in [0.25, 0.3) is 0 Å². The van der Waals surface area contributed by atoms with Crippen LogP contribution in [0.1, 0.15) is 11.3 Å². The summed E-state index contributed by atoms with van der Waals surface area (Å²) in [6, 6.07) is 15.4. The minimum atomic E-state index is 0.576. The quantitative estimate of drug-likeness (QED) is 0.482. The van der Waals surface area contributed by atoms with E-state index in [0.29, 0.717) is 17.8 Å². The maximum Gasteiger partial charge on any atom is 0.109 e. The maximum absolute atomic E-state index is 8.99. The van der Waals surface area contributed by atoms with Crippen molar-refractivity contribution >= 4 is 5.71 Å². The predicted molar refractivity (Wildman–Crippen MR) is 62.7 cm³/mol. The van der Waals surface area contributed by atoms with Crippen LogP contribution in [0, 0.1) is 0 Å². The molecule has 3 heteroatoms. The molecule has 0 unspecified atom stereocenters. The Morgan fingerprint density at radius 3 is 2.44 bits per heavy atom. The molecule has 0 saturated carbocycles. The molecule has 80 valence electrons. The first-order chi connectivity index (χ1) is 7.90. The molecule has 3 nitrogen and oxygen atoms in total. The van der Waals surface area contributed by atoms with E-state index in [1.54, 1.807) is 6.20 Å². The van der Waals surface area contributed by atoms with Crippen molar-refractivity contribution in [1.29, 1.82) is 0 Å². The molecule has 1 N–H and O–H groups in total. The van der Waals surface area contributed by atoms with Gasteiger partial charge in [-0.3, -0.25) is 4.98 Å². The first-order valence-electron chi connectivity index (χ1n) is 5.06. The fourth-order valence-corrected chi connectivity index (χ4v) is 1.50. The lowest BCUT2D eigenvalue weighted by Gasteiger charge is -2.03. The van der Waals surface area contributed by atoms with Gasteiger partial charge in [0.1, 0.15) is 5.71 Å². The Labute approximate surface area is 94.1 Å². The fraction of sp³-hybridized carbons (Fsp3) is 0.0769.